The average molecular weight is 327 g/mol. The number of nitrogens with zero attached hydrogens (tertiary/aromatic N) is 1. The Kier molecular flexibility index (Phi) is 6.02. The van der Waals surface area contributed by atoms with Gasteiger partial charge in [-0.1, -0.05) is 28.1 Å². The minimum atomic E-state index is -0.153. The first kappa shape index (κ1) is 15.7. The van der Waals surface area contributed by atoms with Gasteiger partial charge >= 0.3 is 0 Å². The van der Waals surface area contributed by atoms with Crippen LogP contribution in [-0.2, 0) is 10.1 Å². The van der Waals surface area contributed by atoms with Gasteiger partial charge in [-0.05, 0) is 31.5 Å². The molecular formula is C14H19BrN2O2. The third kappa shape index (κ3) is 5.03. The summed E-state index contributed by atoms with van der Waals surface area (Å²) in [6.45, 7) is 3.84. The Morgan fingerprint density at radius 3 is 2.32 bits per heavy atom. The van der Waals surface area contributed by atoms with Crippen molar-refractivity contribution in [2.24, 2.45) is 0 Å². The third-order valence-corrected chi connectivity index (χ3v) is 3.18. The summed E-state index contributed by atoms with van der Waals surface area (Å²) in [4.78, 5) is 25.1. The molecule has 1 rings (SSSR count). The summed E-state index contributed by atoms with van der Waals surface area (Å²) in [5.41, 5.74) is 1.70. The van der Waals surface area contributed by atoms with E-state index >= 15 is 0 Å². The molecular weight excluding hydrogens is 308 g/mol. The maximum atomic E-state index is 12.1. The first-order valence-electron chi connectivity index (χ1n) is 6.13. The zero-order valence-corrected chi connectivity index (χ0v) is 13.0. The molecule has 0 spiro atoms. The number of benzene rings is 1. The second-order valence-electron chi connectivity index (χ2n) is 4.71. The van der Waals surface area contributed by atoms with Gasteiger partial charge < -0.3 is 10.2 Å². The topological polar surface area (TPSA) is 49.4 Å². The summed E-state index contributed by atoms with van der Waals surface area (Å²) in [7, 11) is 1.63. The quantitative estimate of drug-likeness (QED) is 0.843. The first-order valence-corrected chi connectivity index (χ1v) is 7.26. The van der Waals surface area contributed by atoms with Crippen LogP contribution < -0.4 is 5.32 Å². The highest BCUT2D eigenvalue weighted by molar-refractivity contribution is 9.08. The molecule has 4 nitrogen and oxygen atoms in total. The number of carbonyl (C=O) groups is 2. The zero-order valence-electron chi connectivity index (χ0n) is 11.4. The van der Waals surface area contributed by atoms with Gasteiger partial charge in [0.25, 0.3) is 5.91 Å². The monoisotopic (exact) mass is 326 g/mol. The molecule has 0 heterocycles. The van der Waals surface area contributed by atoms with E-state index in [0.717, 1.165) is 10.9 Å². The molecule has 1 aromatic carbocycles. The fraction of sp³-hybridized carbons (Fsp3) is 0.429. The van der Waals surface area contributed by atoms with Gasteiger partial charge in [-0.25, -0.2) is 0 Å². The molecule has 0 aliphatic heterocycles. The number of amides is 2. The fourth-order valence-corrected chi connectivity index (χ4v) is 1.99. The lowest BCUT2D eigenvalue weighted by atomic mass is 10.1. The summed E-state index contributed by atoms with van der Waals surface area (Å²) in [6, 6.07) is 7.41. The molecule has 0 fully saturated rings. The van der Waals surface area contributed by atoms with Crippen molar-refractivity contribution >= 4 is 27.7 Å². The number of alkyl halides is 1. The number of hydrogen-bond acceptors (Lipinski definition) is 2. The van der Waals surface area contributed by atoms with Crippen LogP contribution in [0.5, 0.6) is 0 Å². The van der Waals surface area contributed by atoms with Crippen LogP contribution in [0.15, 0.2) is 24.3 Å². The lowest BCUT2D eigenvalue weighted by molar-refractivity contribution is -0.122. The Labute approximate surface area is 122 Å². The Bertz CT molecular complexity index is 443. The van der Waals surface area contributed by atoms with E-state index in [9.17, 15) is 9.59 Å². The summed E-state index contributed by atoms with van der Waals surface area (Å²) in [5.74, 6) is -0.303. The predicted molar refractivity (Wildman–Crippen MR) is 79.3 cm³/mol. The summed E-state index contributed by atoms with van der Waals surface area (Å²) in [6.07, 6.45) is 0. The molecule has 1 N–H and O–H groups in total. The van der Waals surface area contributed by atoms with E-state index in [2.05, 4.69) is 21.2 Å². The second kappa shape index (κ2) is 7.28. The Morgan fingerprint density at radius 2 is 1.84 bits per heavy atom. The summed E-state index contributed by atoms with van der Waals surface area (Å²) in [5, 5.41) is 3.52. The van der Waals surface area contributed by atoms with Crippen molar-refractivity contribution in [3.05, 3.63) is 35.4 Å². The van der Waals surface area contributed by atoms with E-state index in [4.69, 9.17) is 0 Å². The molecule has 0 radical (unpaired) electrons. The van der Waals surface area contributed by atoms with Crippen LogP contribution in [0, 0.1) is 0 Å². The van der Waals surface area contributed by atoms with Crippen molar-refractivity contribution in [2.45, 2.75) is 25.2 Å². The van der Waals surface area contributed by atoms with Gasteiger partial charge in [0.2, 0.25) is 5.91 Å². The highest BCUT2D eigenvalue weighted by atomic mass is 79.9. The van der Waals surface area contributed by atoms with Crippen molar-refractivity contribution in [3.63, 3.8) is 0 Å². The van der Waals surface area contributed by atoms with E-state index in [-0.39, 0.29) is 24.4 Å². The van der Waals surface area contributed by atoms with Gasteiger partial charge in [-0.15, -0.1) is 0 Å². The molecule has 0 aromatic heterocycles. The molecule has 104 valence electrons. The highest BCUT2D eigenvalue weighted by Crippen LogP contribution is 2.09. The lowest BCUT2D eigenvalue weighted by Crippen LogP contribution is -2.40. The van der Waals surface area contributed by atoms with Gasteiger partial charge in [0.1, 0.15) is 0 Å². The van der Waals surface area contributed by atoms with Crippen LogP contribution in [0.1, 0.15) is 29.8 Å². The molecule has 0 aliphatic rings. The van der Waals surface area contributed by atoms with Gasteiger partial charge in [0.15, 0.2) is 0 Å². The molecule has 0 saturated carbocycles. The SMILES string of the molecule is CC(C)NC(=O)CN(C)C(=O)c1ccc(CBr)cc1. The van der Waals surface area contributed by atoms with E-state index in [1.165, 1.54) is 4.90 Å². The third-order valence-electron chi connectivity index (χ3n) is 2.53. The van der Waals surface area contributed by atoms with Crippen molar-refractivity contribution in [1.82, 2.24) is 10.2 Å². The Balaban J connectivity index is 2.63. The van der Waals surface area contributed by atoms with Crippen LogP contribution >= 0.6 is 15.9 Å². The maximum absolute atomic E-state index is 12.1. The Morgan fingerprint density at radius 1 is 1.26 bits per heavy atom. The van der Waals surface area contributed by atoms with Crippen molar-refractivity contribution in [2.75, 3.05) is 13.6 Å². The largest absolute Gasteiger partial charge is 0.352 e. The molecule has 2 amide bonds. The van der Waals surface area contributed by atoms with Crippen LogP contribution in [-0.4, -0.2) is 36.3 Å². The fourth-order valence-electron chi connectivity index (χ4n) is 1.61. The van der Waals surface area contributed by atoms with Crippen molar-refractivity contribution in [1.29, 1.82) is 0 Å². The van der Waals surface area contributed by atoms with Crippen LogP contribution in [0.25, 0.3) is 0 Å². The molecule has 5 heteroatoms. The number of nitrogens with one attached hydrogen (secondary N) is 1. The summed E-state index contributed by atoms with van der Waals surface area (Å²) >= 11 is 3.36. The van der Waals surface area contributed by atoms with E-state index < -0.39 is 0 Å². The predicted octanol–water partition coefficient (Wildman–Crippen LogP) is 2.18. The number of carbonyl (C=O) groups excluding carboxylic acids is 2. The van der Waals surface area contributed by atoms with Crippen LogP contribution in [0.4, 0.5) is 0 Å². The molecule has 0 atom stereocenters. The van der Waals surface area contributed by atoms with Gasteiger partial charge in [0.05, 0.1) is 6.54 Å². The van der Waals surface area contributed by atoms with E-state index in [1.54, 1.807) is 19.2 Å². The van der Waals surface area contributed by atoms with Gasteiger partial charge in [-0.3, -0.25) is 9.59 Å². The zero-order chi connectivity index (χ0) is 14.4. The van der Waals surface area contributed by atoms with E-state index in [0.29, 0.717) is 5.56 Å². The number of rotatable bonds is 5. The smallest absolute Gasteiger partial charge is 0.254 e. The summed E-state index contributed by atoms with van der Waals surface area (Å²) < 4.78 is 0. The number of halogens is 1. The molecule has 1 aromatic rings. The number of likely N-dealkylation sites (N-methyl/N-ethyl adjacent to an activating group) is 1. The number of hydrogen-bond donors (Lipinski definition) is 1. The molecule has 19 heavy (non-hydrogen) atoms. The van der Waals surface area contributed by atoms with Crippen molar-refractivity contribution < 1.29 is 9.59 Å². The van der Waals surface area contributed by atoms with Crippen LogP contribution in [0.3, 0.4) is 0 Å². The maximum Gasteiger partial charge on any atom is 0.254 e. The normalized spacial score (nSPS) is 10.4. The standard InChI is InChI=1S/C14H19BrN2O2/c1-10(2)16-13(18)9-17(3)14(19)12-6-4-11(8-15)5-7-12/h4-7,10H,8-9H2,1-3H3,(H,16,18). The second-order valence-corrected chi connectivity index (χ2v) is 5.27. The minimum absolute atomic E-state index is 0.0667. The highest BCUT2D eigenvalue weighted by Gasteiger charge is 2.15. The van der Waals surface area contributed by atoms with Gasteiger partial charge in [0, 0.05) is 24.0 Å². The van der Waals surface area contributed by atoms with Crippen LogP contribution in [0.2, 0.25) is 0 Å². The lowest BCUT2D eigenvalue weighted by Gasteiger charge is -2.18. The molecule has 0 unspecified atom stereocenters. The average Bonchev–Trinajstić information content (AvgIpc) is 2.36. The van der Waals surface area contributed by atoms with Gasteiger partial charge in [-0.2, -0.15) is 0 Å². The first-order chi connectivity index (χ1) is 8.93. The molecule has 0 bridgehead atoms. The van der Waals surface area contributed by atoms with E-state index in [1.807, 2.05) is 26.0 Å². The molecule has 0 saturated heterocycles. The molecule has 0 aliphatic carbocycles. The minimum Gasteiger partial charge on any atom is -0.352 e. The van der Waals surface area contributed by atoms with Crippen molar-refractivity contribution in [3.8, 4) is 0 Å². The Hall–Kier alpha value is -1.36.